The van der Waals surface area contributed by atoms with Gasteiger partial charge in [-0.1, -0.05) is 42.5 Å². The van der Waals surface area contributed by atoms with Gasteiger partial charge in [-0.3, -0.25) is 9.78 Å². The second-order valence-corrected chi connectivity index (χ2v) is 8.89. The molecule has 3 rings (SSSR count). The first-order valence-corrected chi connectivity index (χ1v) is 11.2. The van der Waals surface area contributed by atoms with Crippen LogP contribution >= 0.6 is 0 Å². The van der Waals surface area contributed by atoms with Crippen LogP contribution in [0.4, 0.5) is 4.79 Å². The van der Waals surface area contributed by atoms with Gasteiger partial charge in [0.25, 0.3) is 0 Å². The number of carbonyl (C=O) groups excluding carboxylic acids is 2. The maximum absolute atomic E-state index is 12.9. The highest BCUT2D eigenvalue weighted by molar-refractivity contribution is 5.86. The minimum absolute atomic E-state index is 0.299. The van der Waals surface area contributed by atoms with Crippen molar-refractivity contribution in [3.8, 4) is 5.75 Å². The van der Waals surface area contributed by atoms with Crippen LogP contribution in [0.1, 0.15) is 37.5 Å². The quantitative estimate of drug-likeness (QED) is 0.493. The number of rotatable bonds is 9. The summed E-state index contributed by atoms with van der Waals surface area (Å²) >= 11 is 0. The van der Waals surface area contributed by atoms with E-state index < -0.39 is 17.7 Å². The van der Waals surface area contributed by atoms with Gasteiger partial charge in [0.2, 0.25) is 5.91 Å². The fourth-order valence-corrected chi connectivity index (χ4v) is 3.17. The molecule has 0 unspecified atom stereocenters. The zero-order valence-electron chi connectivity index (χ0n) is 19.8. The second kappa shape index (κ2) is 11.8. The first-order valence-electron chi connectivity index (χ1n) is 11.2. The zero-order chi connectivity index (χ0) is 24.4. The lowest BCUT2D eigenvalue weighted by molar-refractivity contribution is -0.123. The maximum atomic E-state index is 12.9. The van der Waals surface area contributed by atoms with Crippen molar-refractivity contribution in [1.29, 1.82) is 0 Å². The van der Waals surface area contributed by atoms with Crippen molar-refractivity contribution in [2.24, 2.45) is 0 Å². The van der Waals surface area contributed by atoms with Gasteiger partial charge >= 0.3 is 6.09 Å². The summed E-state index contributed by atoms with van der Waals surface area (Å²) in [6.45, 7) is 6.14. The number of alkyl carbamates (subject to hydrolysis) is 1. The van der Waals surface area contributed by atoms with E-state index in [0.717, 1.165) is 22.4 Å². The Bertz CT molecular complexity index is 1050. The Morgan fingerprint density at radius 2 is 1.56 bits per heavy atom. The highest BCUT2D eigenvalue weighted by Crippen LogP contribution is 2.16. The molecule has 0 bridgehead atoms. The normalized spacial score (nSPS) is 11.9. The van der Waals surface area contributed by atoms with E-state index >= 15 is 0 Å². The van der Waals surface area contributed by atoms with Gasteiger partial charge in [0.1, 0.15) is 24.0 Å². The predicted octanol–water partition coefficient (Wildman–Crippen LogP) is 4.41. The minimum atomic E-state index is -0.798. The smallest absolute Gasteiger partial charge is 0.408 e. The molecule has 178 valence electrons. The molecule has 0 saturated heterocycles. The molecule has 1 aromatic heterocycles. The van der Waals surface area contributed by atoms with Crippen molar-refractivity contribution in [3.05, 3.63) is 95.8 Å². The number of ether oxygens (including phenoxy) is 2. The summed E-state index contributed by atoms with van der Waals surface area (Å²) in [5, 5.41) is 5.58. The molecule has 3 aromatic rings. The van der Waals surface area contributed by atoms with Gasteiger partial charge in [-0.15, -0.1) is 0 Å². The second-order valence-electron chi connectivity index (χ2n) is 8.89. The Morgan fingerprint density at radius 3 is 2.21 bits per heavy atom. The molecule has 0 aliphatic heterocycles. The Hall–Kier alpha value is -3.87. The van der Waals surface area contributed by atoms with E-state index in [1.807, 2.05) is 66.7 Å². The van der Waals surface area contributed by atoms with E-state index in [-0.39, 0.29) is 5.91 Å². The number of carbonyl (C=O) groups is 2. The maximum Gasteiger partial charge on any atom is 0.408 e. The van der Waals surface area contributed by atoms with Crippen molar-refractivity contribution >= 4 is 12.0 Å². The number of benzene rings is 2. The van der Waals surface area contributed by atoms with Crippen LogP contribution in [0.2, 0.25) is 0 Å². The molecule has 2 N–H and O–H groups in total. The topological polar surface area (TPSA) is 89.5 Å². The summed E-state index contributed by atoms with van der Waals surface area (Å²) in [7, 11) is 0. The number of aromatic nitrogens is 1. The average Bonchev–Trinajstić information content (AvgIpc) is 2.82. The van der Waals surface area contributed by atoms with Gasteiger partial charge in [-0.25, -0.2) is 4.79 Å². The molecule has 2 amide bonds. The SMILES string of the molecule is CC(C)(C)OC(=O)N[C@@H](Cc1ccc(OCc2ccccc2)cc1)C(=O)NCc1ccncc1. The largest absolute Gasteiger partial charge is 0.489 e. The van der Waals surface area contributed by atoms with Crippen molar-refractivity contribution in [3.63, 3.8) is 0 Å². The fraction of sp³-hybridized carbons (Fsp3) is 0.296. The standard InChI is InChI=1S/C27H31N3O4/c1-27(2,3)34-26(32)30-24(25(31)29-18-21-13-15-28-16-14-21)17-20-9-11-23(12-10-20)33-19-22-7-5-4-6-8-22/h4-16,24H,17-19H2,1-3H3,(H,29,31)(H,30,32)/t24-/m0/s1. The molecule has 0 saturated carbocycles. The summed E-state index contributed by atoms with van der Waals surface area (Å²) in [5.74, 6) is 0.429. The number of pyridine rings is 1. The lowest BCUT2D eigenvalue weighted by Crippen LogP contribution is -2.49. The van der Waals surface area contributed by atoms with Crippen LogP contribution in [-0.4, -0.2) is 28.6 Å². The number of amides is 2. The Labute approximate surface area is 200 Å². The van der Waals surface area contributed by atoms with Gasteiger partial charge < -0.3 is 20.1 Å². The molecule has 0 fully saturated rings. The van der Waals surface area contributed by atoms with E-state index in [4.69, 9.17) is 9.47 Å². The average molecular weight is 462 g/mol. The molecule has 0 spiro atoms. The summed E-state index contributed by atoms with van der Waals surface area (Å²) < 4.78 is 11.2. The molecule has 0 radical (unpaired) electrons. The van der Waals surface area contributed by atoms with E-state index in [2.05, 4.69) is 15.6 Å². The monoisotopic (exact) mass is 461 g/mol. The number of nitrogens with one attached hydrogen (secondary N) is 2. The minimum Gasteiger partial charge on any atom is -0.489 e. The van der Waals surface area contributed by atoms with Crippen molar-refractivity contribution < 1.29 is 19.1 Å². The Kier molecular flexibility index (Phi) is 8.62. The molecule has 7 nitrogen and oxygen atoms in total. The summed E-state index contributed by atoms with van der Waals surface area (Å²) in [6, 6.07) is 20.3. The van der Waals surface area contributed by atoms with Crippen LogP contribution in [0.3, 0.4) is 0 Å². The Morgan fingerprint density at radius 1 is 0.882 bits per heavy atom. The van der Waals surface area contributed by atoms with Crippen LogP contribution in [0, 0.1) is 0 Å². The Balaban J connectivity index is 1.63. The molecular formula is C27H31N3O4. The molecule has 7 heteroatoms. The highest BCUT2D eigenvalue weighted by Gasteiger charge is 2.24. The molecule has 1 heterocycles. The molecule has 34 heavy (non-hydrogen) atoms. The van der Waals surface area contributed by atoms with Crippen LogP contribution in [-0.2, 0) is 29.1 Å². The van der Waals surface area contributed by atoms with Gasteiger partial charge in [0.15, 0.2) is 0 Å². The molecule has 0 aliphatic rings. The number of hydrogen-bond acceptors (Lipinski definition) is 5. The highest BCUT2D eigenvalue weighted by atomic mass is 16.6. The first kappa shape index (κ1) is 24.8. The van der Waals surface area contributed by atoms with Gasteiger partial charge in [0, 0.05) is 25.4 Å². The fourth-order valence-electron chi connectivity index (χ4n) is 3.17. The molecule has 1 atom stereocenters. The molecule has 0 aliphatic carbocycles. The van der Waals surface area contributed by atoms with Crippen LogP contribution in [0.5, 0.6) is 5.75 Å². The van der Waals surface area contributed by atoms with Crippen LogP contribution in [0.25, 0.3) is 0 Å². The first-order chi connectivity index (χ1) is 16.3. The van der Waals surface area contributed by atoms with E-state index in [0.29, 0.717) is 19.6 Å². The molecule has 2 aromatic carbocycles. The summed E-state index contributed by atoms with van der Waals surface area (Å²) in [6.07, 6.45) is 3.00. The van der Waals surface area contributed by atoms with E-state index in [9.17, 15) is 9.59 Å². The van der Waals surface area contributed by atoms with Crippen molar-refractivity contribution in [2.45, 2.75) is 52.0 Å². The third kappa shape index (κ3) is 8.58. The lowest BCUT2D eigenvalue weighted by atomic mass is 10.0. The lowest BCUT2D eigenvalue weighted by Gasteiger charge is -2.23. The third-order valence-corrected chi connectivity index (χ3v) is 4.84. The predicted molar refractivity (Wildman–Crippen MR) is 130 cm³/mol. The number of hydrogen-bond donors (Lipinski definition) is 2. The third-order valence-electron chi connectivity index (χ3n) is 4.84. The van der Waals surface area contributed by atoms with Gasteiger partial charge in [-0.2, -0.15) is 0 Å². The van der Waals surface area contributed by atoms with Crippen molar-refractivity contribution in [2.75, 3.05) is 0 Å². The van der Waals surface area contributed by atoms with Gasteiger partial charge in [0.05, 0.1) is 0 Å². The zero-order valence-corrected chi connectivity index (χ0v) is 19.8. The van der Waals surface area contributed by atoms with Crippen molar-refractivity contribution in [1.82, 2.24) is 15.6 Å². The van der Waals surface area contributed by atoms with E-state index in [1.54, 1.807) is 33.2 Å². The van der Waals surface area contributed by atoms with E-state index in [1.165, 1.54) is 0 Å². The number of nitrogens with zero attached hydrogens (tertiary/aromatic N) is 1. The van der Waals surface area contributed by atoms with Gasteiger partial charge in [-0.05, 0) is 61.7 Å². The summed E-state index contributed by atoms with van der Waals surface area (Å²) in [5.41, 5.74) is 2.21. The molecular weight excluding hydrogens is 430 g/mol. The van der Waals surface area contributed by atoms with Crippen LogP contribution < -0.4 is 15.4 Å². The summed E-state index contributed by atoms with van der Waals surface area (Å²) in [4.78, 5) is 29.3. The van der Waals surface area contributed by atoms with Crippen LogP contribution in [0.15, 0.2) is 79.1 Å².